The van der Waals surface area contributed by atoms with Crippen molar-refractivity contribution in [2.75, 3.05) is 7.11 Å². The number of methoxy groups -OCH3 is 1. The van der Waals surface area contributed by atoms with E-state index >= 15 is 0 Å². The maximum absolute atomic E-state index is 13.4. The molecule has 0 aliphatic heterocycles. The lowest BCUT2D eigenvalue weighted by atomic mass is 9.39. The standard InChI is InChI=1S/C26H20O2/c1-28-23(27)26-22-20-18-14-8-9-15-19(18)21(24(20,26)16-10-4-2-5-11-16)25(22,26)17-12-6-3-7-13-17/h2-15,20-22H,1H3. The van der Waals surface area contributed by atoms with E-state index in [1.807, 2.05) is 0 Å². The van der Waals surface area contributed by atoms with Gasteiger partial charge in [0.25, 0.3) is 0 Å². The molecule has 136 valence electrons. The number of benzene rings is 3. The second-order valence-corrected chi connectivity index (χ2v) is 8.79. The quantitative estimate of drug-likeness (QED) is 0.637. The molecular weight excluding hydrogens is 344 g/mol. The van der Waals surface area contributed by atoms with Gasteiger partial charge in [-0.15, -0.1) is 0 Å². The van der Waals surface area contributed by atoms with Crippen LogP contribution in [0.5, 0.6) is 0 Å². The van der Waals surface area contributed by atoms with Gasteiger partial charge in [-0.25, -0.2) is 0 Å². The van der Waals surface area contributed by atoms with Crippen molar-refractivity contribution in [2.45, 2.75) is 22.7 Å². The molecule has 3 aromatic carbocycles. The van der Waals surface area contributed by atoms with E-state index in [1.165, 1.54) is 22.3 Å². The minimum Gasteiger partial charge on any atom is -0.469 e. The third-order valence-corrected chi connectivity index (χ3v) is 8.57. The molecule has 0 N–H and O–H groups in total. The van der Waals surface area contributed by atoms with E-state index in [2.05, 4.69) is 84.9 Å². The zero-order valence-electron chi connectivity index (χ0n) is 15.6. The van der Waals surface area contributed by atoms with Crippen molar-refractivity contribution in [1.82, 2.24) is 0 Å². The molecule has 3 saturated carbocycles. The van der Waals surface area contributed by atoms with Gasteiger partial charge in [-0.2, -0.15) is 0 Å². The molecule has 28 heavy (non-hydrogen) atoms. The molecule has 0 radical (unpaired) electrons. The van der Waals surface area contributed by atoms with Gasteiger partial charge in [-0.1, -0.05) is 84.9 Å². The summed E-state index contributed by atoms with van der Waals surface area (Å²) in [6.07, 6.45) is 0. The Balaban J connectivity index is 1.57. The molecule has 2 heteroatoms. The Labute approximate surface area is 164 Å². The summed E-state index contributed by atoms with van der Waals surface area (Å²) >= 11 is 0. The fourth-order valence-corrected chi connectivity index (χ4v) is 8.32. The Hall–Kier alpha value is -2.87. The second kappa shape index (κ2) is 4.41. The Kier molecular flexibility index (Phi) is 2.38. The number of carbonyl (C=O) groups is 1. The fraction of sp³-hybridized carbons (Fsp3) is 0.269. The number of rotatable bonds is 3. The molecule has 0 bridgehead atoms. The van der Waals surface area contributed by atoms with Crippen LogP contribution in [0.4, 0.5) is 0 Å². The first-order chi connectivity index (χ1) is 13.8. The number of carbonyl (C=O) groups excluding carboxylic acids is 1. The Bertz CT molecular complexity index is 1150. The van der Waals surface area contributed by atoms with Crippen molar-refractivity contribution in [3.05, 3.63) is 107 Å². The Morgan fingerprint density at radius 3 is 1.89 bits per heavy atom. The number of esters is 1. The van der Waals surface area contributed by atoms with Crippen LogP contribution in [0, 0.1) is 11.3 Å². The van der Waals surface area contributed by atoms with Gasteiger partial charge in [0.1, 0.15) is 0 Å². The molecule has 0 spiro atoms. The molecule has 7 rings (SSSR count). The lowest BCUT2D eigenvalue weighted by Gasteiger charge is -2.60. The molecule has 3 aromatic rings. The van der Waals surface area contributed by atoms with Crippen LogP contribution in [0.1, 0.15) is 34.1 Å². The number of fused-ring (bicyclic) bond motifs is 6. The van der Waals surface area contributed by atoms with Crippen LogP contribution in [-0.2, 0) is 20.4 Å². The monoisotopic (exact) mass is 364 g/mol. The van der Waals surface area contributed by atoms with E-state index in [1.54, 1.807) is 7.11 Å². The summed E-state index contributed by atoms with van der Waals surface area (Å²) in [6, 6.07) is 30.3. The summed E-state index contributed by atoms with van der Waals surface area (Å²) in [5, 5.41) is 0. The van der Waals surface area contributed by atoms with Gasteiger partial charge < -0.3 is 4.74 Å². The number of hydrogen-bond acceptors (Lipinski definition) is 2. The van der Waals surface area contributed by atoms with Crippen LogP contribution in [0.3, 0.4) is 0 Å². The van der Waals surface area contributed by atoms with Gasteiger partial charge in [-0.05, 0) is 28.2 Å². The normalized spacial score (nSPS) is 39.8. The summed E-state index contributed by atoms with van der Waals surface area (Å²) in [6.45, 7) is 0. The van der Waals surface area contributed by atoms with Crippen molar-refractivity contribution in [1.29, 1.82) is 0 Å². The van der Waals surface area contributed by atoms with Crippen LogP contribution in [0.2, 0.25) is 0 Å². The van der Waals surface area contributed by atoms with Crippen LogP contribution in [0.15, 0.2) is 84.9 Å². The molecular formula is C26H20O2. The smallest absolute Gasteiger partial charge is 0.314 e. The van der Waals surface area contributed by atoms with Gasteiger partial charge >= 0.3 is 5.97 Å². The first-order valence-electron chi connectivity index (χ1n) is 10.1. The topological polar surface area (TPSA) is 26.3 Å². The van der Waals surface area contributed by atoms with Crippen molar-refractivity contribution in [3.8, 4) is 0 Å². The summed E-state index contributed by atoms with van der Waals surface area (Å²) < 4.78 is 5.48. The second-order valence-electron chi connectivity index (χ2n) is 8.79. The average molecular weight is 364 g/mol. The van der Waals surface area contributed by atoms with Gasteiger partial charge in [0.05, 0.1) is 12.5 Å². The van der Waals surface area contributed by atoms with Crippen LogP contribution < -0.4 is 0 Å². The zero-order chi connectivity index (χ0) is 18.7. The molecule has 6 unspecified atom stereocenters. The summed E-state index contributed by atoms with van der Waals surface area (Å²) in [7, 11) is 1.55. The van der Waals surface area contributed by atoms with E-state index in [0.717, 1.165) is 0 Å². The maximum atomic E-state index is 13.4. The fourth-order valence-electron chi connectivity index (χ4n) is 8.32. The highest BCUT2D eigenvalue weighted by molar-refractivity contribution is 6.00. The number of hydrogen-bond donors (Lipinski definition) is 0. The van der Waals surface area contributed by atoms with Crippen molar-refractivity contribution >= 4 is 5.97 Å². The largest absolute Gasteiger partial charge is 0.469 e. The van der Waals surface area contributed by atoms with Gasteiger partial charge in [0, 0.05) is 22.7 Å². The summed E-state index contributed by atoms with van der Waals surface area (Å²) in [5.74, 6) is 1.06. The SMILES string of the molecule is COC(=O)C12C3C4c5ccccc5C(C41c1ccccc1)C32c1ccccc1. The predicted molar refractivity (Wildman–Crippen MR) is 106 cm³/mol. The molecule has 4 aliphatic rings. The van der Waals surface area contributed by atoms with Crippen LogP contribution in [-0.4, -0.2) is 13.1 Å². The highest BCUT2D eigenvalue weighted by Crippen LogP contribution is 3.09. The minimum atomic E-state index is -0.425. The van der Waals surface area contributed by atoms with E-state index < -0.39 is 5.41 Å². The van der Waals surface area contributed by atoms with Crippen molar-refractivity contribution < 1.29 is 9.53 Å². The van der Waals surface area contributed by atoms with Gasteiger partial charge in [-0.3, -0.25) is 4.79 Å². The van der Waals surface area contributed by atoms with E-state index in [9.17, 15) is 4.79 Å². The summed E-state index contributed by atoms with van der Waals surface area (Å²) in [5.41, 5.74) is 4.79. The zero-order valence-corrected chi connectivity index (χ0v) is 15.6. The molecule has 0 heterocycles. The molecule has 2 nitrogen and oxygen atoms in total. The van der Waals surface area contributed by atoms with E-state index in [4.69, 9.17) is 4.74 Å². The van der Waals surface area contributed by atoms with E-state index in [-0.39, 0.29) is 16.8 Å². The maximum Gasteiger partial charge on any atom is 0.314 e. The Morgan fingerprint density at radius 1 is 0.750 bits per heavy atom. The van der Waals surface area contributed by atoms with Gasteiger partial charge in [0.15, 0.2) is 0 Å². The minimum absolute atomic E-state index is 0.0227. The first-order valence-corrected chi connectivity index (χ1v) is 10.1. The lowest BCUT2D eigenvalue weighted by molar-refractivity contribution is -0.166. The van der Waals surface area contributed by atoms with Gasteiger partial charge in [0.2, 0.25) is 0 Å². The number of ether oxygens (including phenoxy) is 1. The third-order valence-electron chi connectivity index (χ3n) is 8.57. The molecule has 6 atom stereocenters. The highest BCUT2D eigenvalue weighted by atomic mass is 16.5. The highest BCUT2D eigenvalue weighted by Gasteiger charge is 3.12. The Morgan fingerprint density at radius 2 is 1.29 bits per heavy atom. The molecule has 3 fully saturated rings. The first kappa shape index (κ1) is 15.1. The molecule has 0 aromatic heterocycles. The van der Waals surface area contributed by atoms with Crippen LogP contribution in [0.25, 0.3) is 0 Å². The lowest BCUT2D eigenvalue weighted by Crippen LogP contribution is -2.65. The van der Waals surface area contributed by atoms with Crippen molar-refractivity contribution in [3.63, 3.8) is 0 Å². The predicted octanol–water partition coefficient (Wildman–Crippen LogP) is 4.56. The molecule has 0 amide bonds. The van der Waals surface area contributed by atoms with E-state index in [0.29, 0.717) is 17.8 Å². The third kappa shape index (κ3) is 1.09. The molecule has 0 saturated heterocycles. The van der Waals surface area contributed by atoms with Crippen molar-refractivity contribution in [2.24, 2.45) is 11.3 Å². The molecule has 4 aliphatic carbocycles. The summed E-state index contributed by atoms with van der Waals surface area (Å²) in [4.78, 5) is 13.4. The van der Waals surface area contributed by atoms with Crippen LogP contribution >= 0.6 is 0 Å². The average Bonchev–Trinajstić information content (AvgIpc) is 2.98.